The van der Waals surface area contributed by atoms with Crippen LogP contribution < -0.4 is 0 Å². The van der Waals surface area contributed by atoms with E-state index in [4.69, 9.17) is 0 Å². The molecule has 0 radical (unpaired) electrons. The van der Waals surface area contributed by atoms with Crippen molar-refractivity contribution in [2.24, 2.45) is 0 Å². The highest BCUT2D eigenvalue weighted by atomic mass is 19.1. The minimum Gasteiger partial charge on any atom is -0.309 e. The van der Waals surface area contributed by atoms with E-state index in [1.165, 1.54) is 18.2 Å². The average molecular weight is 498 g/mol. The van der Waals surface area contributed by atoms with Gasteiger partial charge in [-0.15, -0.1) is 10.2 Å². The highest BCUT2D eigenvalue weighted by Gasteiger charge is 2.36. The number of nitrogens with zero attached hydrogens (tertiary/aromatic N) is 5. The summed E-state index contributed by atoms with van der Waals surface area (Å²) in [5, 5.41) is 8.67. The maximum absolute atomic E-state index is 14.5. The Labute approximate surface area is 213 Å². The molecule has 0 spiro atoms. The third kappa shape index (κ3) is 4.45. The van der Waals surface area contributed by atoms with Crippen molar-refractivity contribution in [2.75, 3.05) is 20.6 Å². The predicted molar refractivity (Wildman–Crippen MR) is 134 cm³/mol. The Morgan fingerprint density at radius 1 is 0.811 bits per heavy atom. The lowest BCUT2D eigenvalue weighted by molar-refractivity contribution is 0.0637. The van der Waals surface area contributed by atoms with Crippen molar-refractivity contribution in [3.63, 3.8) is 0 Å². The Hall–Kier alpha value is -4.50. The first-order valence-electron chi connectivity index (χ1n) is 11.8. The number of para-hydroxylation sites is 1. The predicted octanol–water partition coefficient (Wildman–Crippen LogP) is 3.54. The summed E-state index contributed by atoms with van der Waals surface area (Å²) in [6, 6.07) is 19.3. The summed E-state index contributed by atoms with van der Waals surface area (Å²) >= 11 is 0. The van der Waals surface area contributed by atoms with E-state index in [2.05, 4.69) is 10.2 Å². The lowest BCUT2D eigenvalue weighted by atomic mass is 10.0. The van der Waals surface area contributed by atoms with E-state index in [9.17, 15) is 18.8 Å². The normalized spacial score (nSPS) is 12.9. The highest BCUT2D eigenvalue weighted by Crippen LogP contribution is 2.27. The number of rotatable bonds is 8. The van der Waals surface area contributed by atoms with Crippen LogP contribution in [-0.4, -0.2) is 62.8 Å². The molecule has 0 saturated heterocycles. The van der Waals surface area contributed by atoms with Gasteiger partial charge in [-0.3, -0.25) is 23.9 Å². The van der Waals surface area contributed by atoms with Gasteiger partial charge in [0.15, 0.2) is 11.6 Å². The minimum atomic E-state index is -0.620. The molecule has 2 heterocycles. The van der Waals surface area contributed by atoms with Crippen molar-refractivity contribution >= 4 is 17.6 Å². The van der Waals surface area contributed by atoms with E-state index in [0.29, 0.717) is 41.4 Å². The van der Waals surface area contributed by atoms with Gasteiger partial charge in [0.1, 0.15) is 11.6 Å². The maximum atomic E-state index is 14.5. The molecule has 0 N–H and O–H groups in total. The Bertz CT molecular complexity index is 1490. The van der Waals surface area contributed by atoms with Crippen LogP contribution in [0.2, 0.25) is 0 Å². The average Bonchev–Trinajstić information content (AvgIpc) is 3.41. The number of likely N-dealkylation sites (N-methyl/N-ethyl adjacent to an activating group) is 1. The van der Waals surface area contributed by atoms with Crippen LogP contribution in [0.15, 0.2) is 72.8 Å². The van der Waals surface area contributed by atoms with Crippen LogP contribution in [0.1, 0.15) is 48.3 Å². The molecular weight excluding hydrogens is 473 g/mol. The number of aromatic nitrogens is 3. The third-order valence-electron chi connectivity index (χ3n) is 6.27. The van der Waals surface area contributed by atoms with Crippen LogP contribution >= 0.6 is 0 Å². The molecule has 0 atom stereocenters. The Kier molecular flexibility index (Phi) is 6.45. The first-order chi connectivity index (χ1) is 17.9. The van der Waals surface area contributed by atoms with Gasteiger partial charge in [0.05, 0.1) is 28.9 Å². The fourth-order valence-electron chi connectivity index (χ4n) is 4.39. The molecule has 5 rings (SSSR count). The lowest BCUT2D eigenvalue weighted by Crippen LogP contribution is -2.30. The number of amides is 2. The smallest absolute Gasteiger partial charge is 0.261 e. The second-order valence-electron chi connectivity index (χ2n) is 8.99. The zero-order valence-electron chi connectivity index (χ0n) is 20.4. The number of hydrogen-bond acceptors (Lipinski definition) is 6. The first-order valence-corrected chi connectivity index (χ1v) is 11.8. The molecule has 2 amide bonds. The monoisotopic (exact) mass is 497 g/mol. The molecule has 0 saturated carbocycles. The van der Waals surface area contributed by atoms with Gasteiger partial charge in [0.2, 0.25) is 0 Å². The van der Waals surface area contributed by atoms with E-state index in [1.807, 2.05) is 19.0 Å². The molecule has 8 nitrogen and oxygen atoms in total. The van der Waals surface area contributed by atoms with Crippen LogP contribution in [0.5, 0.6) is 0 Å². The molecule has 1 aliphatic heterocycles. The topological polar surface area (TPSA) is 88.4 Å². The summed E-state index contributed by atoms with van der Waals surface area (Å²) in [5.74, 6) is -1.08. The second kappa shape index (κ2) is 9.87. The van der Waals surface area contributed by atoms with E-state index >= 15 is 0 Å². The summed E-state index contributed by atoms with van der Waals surface area (Å²) in [6.45, 7) is 0.512. The molecule has 4 aromatic rings. The quantitative estimate of drug-likeness (QED) is 0.273. The fourth-order valence-corrected chi connectivity index (χ4v) is 4.39. The molecule has 0 aliphatic carbocycles. The molecule has 9 heteroatoms. The van der Waals surface area contributed by atoms with Crippen LogP contribution in [0, 0.1) is 5.82 Å². The Balaban J connectivity index is 1.59. The second-order valence-corrected chi connectivity index (χ2v) is 8.99. The van der Waals surface area contributed by atoms with Crippen molar-refractivity contribution in [1.29, 1.82) is 0 Å². The third-order valence-corrected chi connectivity index (χ3v) is 6.27. The van der Waals surface area contributed by atoms with Gasteiger partial charge in [-0.25, -0.2) is 4.39 Å². The number of hydrogen-bond donors (Lipinski definition) is 0. The number of ketones is 1. The number of fused-ring (bicyclic) bond motifs is 1. The van der Waals surface area contributed by atoms with Crippen molar-refractivity contribution < 1.29 is 18.8 Å². The maximum Gasteiger partial charge on any atom is 0.261 e. The van der Waals surface area contributed by atoms with Gasteiger partial charge < -0.3 is 4.90 Å². The Morgan fingerprint density at radius 3 is 2.03 bits per heavy atom. The van der Waals surface area contributed by atoms with Gasteiger partial charge in [0, 0.05) is 18.5 Å². The van der Waals surface area contributed by atoms with Crippen molar-refractivity contribution in [1.82, 2.24) is 24.6 Å². The van der Waals surface area contributed by atoms with Gasteiger partial charge >= 0.3 is 0 Å². The molecule has 1 aliphatic rings. The Morgan fingerprint density at radius 2 is 1.38 bits per heavy atom. The summed E-state index contributed by atoms with van der Waals surface area (Å²) in [4.78, 5) is 42.6. The molecule has 0 fully saturated rings. The minimum absolute atomic E-state index is 0.0558. The summed E-state index contributed by atoms with van der Waals surface area (Å²) < 4.78 is 16.2. The van der Waals surface area contributed by atoms with Crippen LogP contribution in [0.3, 0.4) is 0 Å². The number of halogens is 1. The van der Waals surface area contributed by atoms with Crippen molar-refractivity contribution in [2.45, 2.75) is 13.0 Å². The summed E-state index contributed by atoms with van der Waals surface area (Å²) in [5.41, 5.74) is 1.31. The molecule has 0 unspecified atom stereocenters. The first kappa shape index (κ1) is 24.2. The molecular formula is C28H24FN5O3. The van der Waals surface area contributed by atoms with Crippen LogP contribution in [0.4, 0.5) is 4.39 Å². The van der Waals surface area contributed by atoms with Gasteiger partial charge in [-0.05, 0) is 50.5 Å². The van der Waals surface area contributed by atoms with E-state index < -0.39 is 23.4 Å². The largest absolute Gasteiger partial charge is 0.309 e. The highest BCUT2D eigenvalue weighted by molar-refractivity contribution is 6.21. The summed E-state index contributed by atoms with van der Waals surface area (Å²) in [7, 11) is 3.85. The number of carbonyl (C=O) groups is 3. The zero-order chi connectivity index (χ0) is 26.1. The lowest BCUT2D eigenvalue weighted by Gasteiger charge is -2.18. The number of benzene rings is 3. The van der Waals surface area contributed by atoms with Gasteiger partial charge in [0.25, 0.3) is 11.8 Å². The van der Waals surface area contributed by atoms with Crippen LogP contribution in [-0.2, 0) is 13.0 Å². The fraction of sp³-hybridized carbons (Fsp3) is 0.179. The molecule has 0 bridgehead atoms. The zero-order valence-corrected chi connectivity index (χ0v) is 20.4. The molecule has 3 aromatic carbocycles. The van der Waals surface area contributed by atoms with Gasteiger partial charge in [-0.1, -0.05) is 36.4 Å². The molecule has 1 aromatic heterocycles. The molecule has 37 heavy (non-hydrogen) atoms. The van der Waals surface area contributed by atoms with Crippen molar-refractivity contribution in [3.05, 3.63) is 113 Å². The standard InChI is InChI=1S/C28H24FN5O3/c1-32(2)16-15-24-30-31-25(17-33-27(36)18-9-3-4-10-19(18)28(33)37)34(24)23-14-8-6-12-21(23)26(35)20-11-5-7-13-22(20)29/h3-14H,15-17H2,1-2H3. The summed E-state index contributed by atoms with van der Waals surface area (Å²) in [6.07, 6.45) is 0.490. The number of imide groups is 1. The van der Waals surface area contributed by atoms with Gasteiger partial charge in [-0.2, -0.15) is 0 Å². The van der Waals surface area contributed by atoms with E-state index in [-0.39, 0.29) is 17.7 Å². The van der Waals surface area contributed by atoms with Crippen LogP contribution in [0.25, 0.3) is 5.69 Å². The number of carbonyl (C=O) groups excluding carboxylic acids is 3. The van der Waals surface area contributed by atoms with Crippen molar-refractivity contribution in [3.8, 4) is 5.69 Å². The SMILES string of the molecule is CN(C)CCc1nnc(CN2C(=O)c3ccccc3C2=O)n1-c1ccccc1C(=O)c1ccccc1F. The molecule has 186 valence electrons. The van der Waals surface area contributed by atoms with E-state index in [0.717, 1.165) is 4.90 Å². The van der Waals surface area contributed by atoms with E-state index in [1.54, 1.807) is 59.2 Å².